The highest BCUT2D eigenvalue weighted by Gasteiger charge is 2.25. The third-order valence-corrected chi connectivity index (χ3v) is 8.65. The third-order valence-electron chi connectivity index (χ3n) is 6.86. The minimum absolute atomic E-state index is 0.0940. The number of hydrogen-bond donors (Lipinski definition) is 1. The van der Waals surface area contributed by atoms with Crippen LogP contribution in [0.4, 0.5) is 0 Å². The van der Waals surface area contributed by atoms with Crippen molar-refractivity contribution >= 4 is 51.4 Å². The van der Waals surface area contributed by atoms with E-state index in [-0.39, 0.29) is 23.7 Å². The quantitative estimate of drug-likeness (QED) is 0.187. The van der Waals surface area contributed by atoms with Gasteiger partial charge in [0.1, 0.15) is 21.2 Å². The largest absolute Gasteiger partial charge is 0.466 e. The third kappa shape index (κ3) is 6.57. The van der Waals surface area contributed by atoms with E-state index in [1.165, 1.54) is 22.7 Å². The number of carbonyl (C=O) groups is 3. The molecular weight excluding hydrogens is 534 g/mol. The Morgan fingerprint density at radius 3 is 2.77 bits per heavy atom. The molecule has 1 saturated heterocycles. The first-order valence-corrected chi connectivity index (χ1v) is 15.0. The van der Waals surface area contributed by atoms with Gasteiger partial charge < -0.3 is 19.4 Å². The molecular formula is C29H31N3O5S2. The molecule has 2 amide bonds. The molecule has 1 N–H and O–H groups in total. The summed E-state index contributed by atoms with van der Waals surface area (Å²) in [5.74, 6) is 0.755. The molecule has 1 aromatic carbocycles. The van der Waals surface area contributed by atoms with E-state index in [0.29, 0.717) is 56.1 Å². The lowest BCUT2D eigenvalue weighted by atomic mass is 9.93. The number of piperidine rings is 1. The van der Waals surface area contributed by atoms with Gasteiger partial charge >= 0.3 is 5.97 Å². The molecule has 4 aromatic rings. The number of para-hydroxylation sites is 1. The average molecular weight is 566 g/mol. The number of nitrogens with zero attached hydrogens (tertiary/aromatic N) is 2. The van der Waals surface area contributed by atoms with Crippen molar-refractivity contribution in [2.45, 2.75) is 39.0 Å². The lowest BCUT2D eigenvalue weighted by molar-refractivity contribution is -0.144. The Hall–Kier alpha value is -3.50. The summed E-state index contributed by atoms with van der Waals surface area (Å²) in [6.45, 7) is 3.95. The lowest BCUT2D eigenvalue weighted by Gasteiger charge is -2.31. The molecule has 0 atom stereocenters. The molecule has 3 aromatic heterocycles. The highest BCUT2D eigenvalue weighted by molar-refractivity contribution is 7.15. The van der Waals surface area contributed by atoms with Gasteiger partial charge in [-0.2, -0.15) is 0 Å². The van der Waals surface area contributed by atoms with Crippen LogP contribution in [0.25, 0.3) is 33.0 Å². The second kappa shape index (κ2) is 12.6. The zero-order chi connectivity index (χ0) is 27.2. The Kier molecular flexibility index (Phi) is 8.73. The topological polar surface area (TPSA) is 102 Å². The standard InChI is InChI=1S/C29H31N3O5S2/c1-2-36-26(34)16-19-9-13-32(14-10-19)25(33)8-5-12-30-28(35)27-21(11-15-38-27)29-31-22(18-39-29)24-17-20-6-3-4-7-23(20)37-24/h3-4,6-7,11,15,17-19H,2,5,8-10,12-14,16H2,1H3,(H,30,35). The van der Waals surface area contributed by atoms with E-state index in [1.54, 1.807) is 0 Å². The summed E-state index contributed by atoms with van der Waals surface area (Å²) < 4.78 is 11.0. The number of esters is 1. The molecule has 0 aliphatic carbocycles. The van der Waals surface area contributed by atoms with Gasteiger partial charge in [0, 0.05) is 48.8 Å². The van der Waals surface area contributed by atoms with E-state index in [9.17, 15) is 14.4 Å². The van der Waals surface area contributed by atoms with E-state index < -0.39 is 0 Å². The molecule has 0 unspecified atom stereocenters. The minimum Gasteiger partial charge on any atom is -0.466 e. The molecule has 0 radical (unpaired) electrons. The van der Waals surface area contributed by atoms with Crippen LogP contribution in [0.15, 0.2) is 51.6 Å². The van der Waals surface area contributed by atoms with Crippen LogP contribution < -0.4 is 5.32 Å². The van der Waals surface area contributed by atoms with Gasteiger partial charge in [0.05, 0.1) is 6.61 Å². The van der Waals surface area contributed by atoms with Crippen molar-refractivity contribution in [2.75, 3.05) is 26.2 Å². The predicted molar refractivity (Wildman–Crippen MR) is 153 cm³/mol. The summed E-state index contributed by atoms with van der Waals surface area (Å²) in [5.41, 5.74) is 2.36. The van der Waals surface area contributed by atoms with Gasteiger partial charge in [0.15, 0.2) is 5.76 Å². The first kappa shape index (κ1) is 27.1. The molecule has 8 nitrogen and oxygen atoms in total. The monoisotopic (exact) mass is 565 g/mol. The summed E-state index contributed by atoms with van der Waals surface area (Å²) in [4.78, 5) is 44.5. The molecule has 1 fully saturated rings. The van der Waals surface area contributed by atoms with Crippen LogP contribution in [0.5, 0.6) is 0 Å². The number of nitrogens with one attached hydrogen (secondary N) is 1. The van der Waals surface area contributed by atoms with Crippen LogP contribution in [0.1, 0.15) is 48.7 Å². The first-order chi connectivity index (χ1) is 19.0. The normalized spacial score (nSPS) is 14.0. The van der Waals surface area contributed by atoms with Gasteiger partial charge in [-0.1, -0.05) is 18.2 Å². The minimum atomic E-state index is -0.160. The van der Waals surface area contributed by atoms with Crippen molar-refractivity contribution in [2.24, 2.45) is 5.92 Å². The van der Waals surface area contributed by atoms with Gasteiger partial charge in [-0.05, 0) is 55.7 Å². The molecule has 4 heterocycles. The van der Waals surface area contributed by atoms with E-state index in [0.717, 1.165) is 40.1 Å². The number of thiophene rings is 1. The van der Waals surface area contributed by atoms with E-state index in [1.807, 2.05) is 59.0 Å². The van der Waals surface area contributed by atoms with E-state index in [2.05, 4.69) is 5.32 Å². The molecule has 0 spiro atoms. The molecule has 204 valence electrons. The Bertz CT molecular complexity index is 1410. The number of benzene rings is 1. The predicted octanol–water partition coefficient (Wildman–Crippen LogP) is 5.99. The highest BCUT2D eigenvalue weighted by Crippen LogP contribution is 2.35. The van der Waals surface area contributed by atoms with Gasteiger partial charge in [-0.25, -0.2) is 4.98 Å². The number of aromatic nitrogens is 1. The van der Waals surface area contributed by atoms with Crippen LogP contribution in [0.2, 0.25) is 0 Å². The summed E-state index contributed by atoms with van der Waals surface area (Å²) in [5, 5.41) is 8.58. The smallest absolute Gasteiger partial charge is 0.306 e. The number of hydrogen-bond acceptors (Lipinski definition) is 8. The molecule has 10 heteroatoms. The van der Waals surface area contributed by atoms with Crippen molar-refractivity contribution in [3.63, 3.8) is 0 Å². The van der Waals surface area contributed by atoms with Gasteiger partial charge in [0.2, 0.25) is 5.91 Å². The second-order valence-electron chi connectivity index (χ2n) is 9.54. The SMILES string of the molecule is CCOC(=O)CC1CCN(C(=O)CCCNC(=O)c2sccc2-c2nc(-c3cc4ccccc4o3)cs2)CC1. The van der Waals surface area contributed by atoms with Gasteiger partial charge in [-0.15, -0.1) is 22.7 Å². The molecule has 39 heavy (non-hydrogen) atoms. The van der Waals surface area contributed by atoms with E-state index >= 15 is 0 Å². The highest BCUT2D eigenvalue weighted by atomic mass is 32.1. The number of furan rings is 1. The second-order valence-corrected chi connectivity index (χ2v) is 11.3. The average Bonchev–Trinajstić information content (AvgIpc) is 3.70. The van der Waals surface area contributed by atoms with Crippen LogP contribution in [0.3, 0.4) is 0 Å². The van der Waals surface area contributed by atoms with Crippen LogP contribution >= 0.6 is 22.7 Å². The number of fused-ring (bicyclic) bond motifs is 1. The molecule has 0 saturated carbocycles. The Labute approximate surface area is 235 Å². The van der Waals surface area contributed by atoms with Crippen molar-refractivity contribution in [3.8, 4) is 22.0 Å². The van der Waals surface area contributed by atoms with Crippen molar-refractivity contribution < 1.29 is 23.5 Å². The Morgan fingerprint density at radius 1 is 1.15 bits per heavy atom. The zero-order valence-corrected chi connectivity index (χ0v) is 23.4. The van der Waals surface area contributed by atoms with Crippen molar-refractivity contribution in [1.82, 2.24) is 15.2 Å². The van der Waals surface area contributed by atoms with Crippen LogP contribution in [-0.4, -0.2) is 53.9 Å². The molecule has 1 aliphatic heterocycles. The first-order valence-electron chi connectivity index (χ1n) is 13.3. The van der Waals surface area contributed by atoms with Crippen molar-refractivity contribution in [3.05, 3.63) is 52.0 Å². The number of amides is 2. The number of carbonyl (C=O) groups excluding carboxylic acids is 3. The van der Waals surface area contributed by atoms with Crippen molar-refractivity contribution in [1.29, 1.82) is 0 Å². The number of rotatable bonds is 10. The lowest BCUT2D eigenvalue weighted by Crippen LogP contribution is -2.39. The number of likely N-dealkylation sites (tertiary alicyclic amines) is 1. The molecule has 5 rings (SSSR count). The number of thiazole rings is 1. The van der Waals surface area contributed by atoms with E-state index in [4.69, 9.17) is 14.1 Å². The van der Waals surface area contributed by atoms with Crippen LogP contribution in [0, 0.1) is 5.92 Å². The zero-order valence-electron chi connectivity index (χ0n) is 21.8. The molecule has 0 bridgehead atoms. The fourth-order valence-electron chi connectivity index (χ4n) is 4.79. The maximum absolute atomic E-state index is 12.9. The summed E-state index contributed by atoms with van der Waals surface area (Å²) in [7, 11) is 0. The Morgan fingerprint density at radius 2 is 1.97 bits per heavy atom. The molecule has 1 aliphatic rings. The number of ether oxygens (including phenoxy) is 1. The maximum Gasteiger partial charge on any atom is 0.306 e. The van der Waals surface area contributed by atoms with Crippen LogP contribution in [-0.2, 0) is 14.3 Å². The van der Waals surface area contributed by atoms with Gasteiger partial charge in [-0.3, -0.25) is 14.4 Å². The fourth-order valence-corrected chi connectivity index (χ4v) is 6.51. The Balaban J connectivity index is 1.09. The summed E-state index contributed by atoms with van der Waals surface area (Å²) in [6, 6.07) is 11.7. The summed E-state index contributed by atoms with van der Waals surface area (Å²) in [6.07, 6.45) is 3.01. The summed E-state index contributed by atoms with van der Waals surface area (Å²) >= 11 is 2.86. The van der Waals surface area contributed by atoms with Gasteiger partial charge in [0.25, 0.3) is 5.91 Å². The maximum atomic E-state index is 12.9. The fraction of sp³-hybridized carbons (Fsp3) is 0.379.